The molecule has 1 fully saturated rings. The van der Waals surface area contributed by atoms with Crippen LogP contribution in [0.5, 0.6) is 5.75 Å². The van der Waals surface area contributed by atoms with E-state index in [1.807, 2.05) is 37.3 Å². The first-order valence-electron chi connectivity index (χ1n) is 10.2. The molecule has 0 bridgehead atoms. The van der Waals surface area contributed by atoms with Crippen LogP contribution in [0, 0.1) is 0 Å². The van der Waals surface area contributed by atoms with Gasteiger partial charge in [0.1, 0.15) is 12.4 Å². The largest absolute Gasteiger partial charge is 0.489 e. The summed E-state index contributed by atoms with van der Waals surface area (Å²) in [5.41, 5.74) is 4.06. The van der Waals surface area contributed by atoms with E-state index in [9.17, 15) is 0 Å². The average Bonchev–Trinajstić information content (AvgIpc) is 3.22. The second-order valence-corrected chi connectivity index (χ2v) is 7.74. The molecule has 1 N–H and O–H groups in total. The number of oxazole rings is 1. The minimum absolute atomic E-state index is 0.472. The van der Waals surface area contributed by atoms with E-state index < -0.39 is 0 Å². The molecule has 1 saturated heterocycles. The number of nitrogens with one attached hydrogen (secondary N) is 1. The fourth-order valence-corrected chi connectivity index (χ4v) is 3.43. The molecule has 2 heterocycles. The van der Waals surface area contributed by atoms with Crippen molar-refractivity contribution in [1.82, 2.24) is 9.88 Å². The van der Waals surface area contributed by atoms with Gasteiger partial charge in [0.05, 0.1) is 17.6 Å². The first-order valence-corrected chi connectivity index (χ1v) is 10.2. The molecular weight excluding hydrogens is 376 g/mol. The number of aromatic nitrogens is 1. The Labute approximate surface area is 177 Å². The lowest BCUT2D eigenvalue weighted by molar-refractivity contribution is 0.313. The molecule has 0 unspecified atom stereocenters. The Bertz CT molecular complexity index is 1010. The van der Waals surface area contributed by atoms with Gasteiger partial charge in [-0.2, -0.15) is 0 Å². The molecule has 6 heteroatoms. The van der Waals surface area contributed by atoms with Gasteiger partial charge in [0.15, 0.2) is 5.76 Å². The third-order valence-electron chi connectivity index (χ3n) is 5.10. The van der Waals surface area contributed by atoms with Crippen LogP contribution in [0.25, 0.3) is 11.3 Å². The molecule has 3 aromatic rings. The van der Waals surface area contributed by atoms with Crippen molar-refractivity contribution in [3.8, 4) is 17.1 Å². The fraction of sp³-hybridized carbons (Fsp3) is 0.292. The summed E-state index contributed by atoms with van der Waals surface area (Å²) in [6.45, 7) is 10.4. The van der Waals surface area contributed by atoms with E-state index >= 15 is 0 Å². The standard InChI is InChI=1S/C24H28N4O2/c1-18(2)17-29-20-8-6-7-19(15-20)23-16-25-24(30-23)26-21-9-4-5-10-22(21)28-13-11-27(3)12-14-28/h4-10,15-16H,1,11-14,17H2,2-3H3,(H,25,26). The maximum Gasteiger partial charge on any atom is 0.299 e. The van der Waals surface area contributed by atoms with Crippen molar-refractivity contribution in [3.05, 3.63) is 66.9 Å². The first-order chi connectivity index (χ1) is 14.6. The number of hydrogen-bond donors (Lipinski definition) is 1. The Kier molecular flexibility index (Phi) is 6.05. The van der Waals surface area contributed by atoms with Crippen molar-refractivity contribution in [2.75, 3.05) is 50.1 Å². The van der Waals surface area contributed by atoms with Crippen LogP contribution in [0.1, 0.15) is 6.92 Å². The quantitative estimate of drug-likeness (QED) is 0.572. The highest BCUT2D eigenvalue weighted by atomic mass is 16.5. The zero-order chi connectivity index (χ0) is 20.9. The summed E-state index contributed by atoms with van der Waals surface area (Å²) < 4.78 is 11.7. The van der Waals surface area contributed by atoms with E-state index in [4.69, 9.17) is 9.15 Å². The summed E-state index contributed by atoms with van der Waals surface area (Å²) in [5.74, 6) is 1.47. The van der Waals surface area contributed by atoms with E-state index in [0.29, 0.717) is 18.4 Å². The smallest absolute Gasteiger partial charge is 0.299 e. The molecule has 0 amide bonds. The Morgan fingerprint density at radius 1 is 1.13 bits per heavy atom. The van der Waals surface area contributed by atoms with E-state index in [-0.39, 0.29) is 0 Å². The molecule has 30 heavy (non-hydrogen) atoms. The van der Waals surface area contributed by atoms with E-state index in [2.05, 4.69) is 51.9 Å². The van der Waals surface area contributed by atoms with Crippen molar-refractivity contribution in [2.24, 2.45) is 0 Å². The van der Waals surface area contributed by atoms with Crippen molar-refractivity contribution < 1.29 is 9.15 Å². The van der Waals surface area contributed by atoms with Gasteiger partial charge >= 0.3 is 0 Å². The molecule has 1 aliphatic rings. The summed E-state index contributed by atoms with van der Waals surface area (Å²) in [7, 11) is 2.16. The van der Waals surface area contributed by atoms with Gasteiger partial charge in [0.2, 0.25) is 0 Å². The van der Waals surface area contributed by atoms with Crippen LogP contribution in [-0.4, -0.2) is 49.7 Å². The number of piperazine rings is 1. The maximum atomic E-state index is 5.99. The number of hydrogen-bond acceptors (Lipinski definition) is 6. The van der Waals surface area contributed by atoms with Gasteiger partial charge in [-0.3, -0.25) is 0 Å². The Hall–Kier alpha value is -3.25. The second-order valence-electron chi connectivity index (χ2n) is 7.74. The lowest BCUT2D eigenvalue weighted by Gasteiger charge is -2.35. The minimum atomic E-state index is 0.472. The fourth-order valence-electron chi connectivity index (χ4n) is 3.43. The average molecular weight is 405 g/mol. The normalized spacial score (nSPS) is 14.5. The van der Waals surface area contributed by atoms with Crippen molar-refractivity contribution >= 4 is 17.4 Å². The highest BCUT2D eigenvalue weighted by molar-refractivity contribution is 5.73. The Morgan fingerprint density at radius 3 is 2.73 bits per heavy atom. The number of benzene rings is 2. The lowest BCUT2D eigenvalue weighted by atomic mass is 10.2. The van der Waals surface area contributed by atoms with Crippen LogP contribution >= 0.6 is 0 Å². The summed E-state index contributed by atoms with van der Waals surface area (Å²) in [6, 6.07) is 16.6. The third-order valence-corrected chi connectivity index (χ3v) is 5.10. The van der Waals surface area contributed by atoms with Crippen LogP contribution in [0.2, 0.25) is 0 Å². The molecule has 0 spiro atoms. The number of anilines is 3. The molecule has 0 atom stereocenters. The molecule has 6 nitrogen and oxygen atoms in total. The molecule has 1 aromatic heterocycles. The maximum absolute atomic E-state index is 5.99. The molecule has 0 radical (unpaired) electrons. The topological polar surface area (TPSA) is 53.8 Å². The monoisotopic (exact) mass is 404 g/mol. The molecule has 156 valence electrons. The summed E-state index contributed by atoms with van der Waals surface area (Å²) >= 11 is 0. The highest BCUT2D eigenvalue weighted by Crippen LogP contribution is 2.31. The molecule has 0 saturated carbocycles. The van der Waals surface area contributed by atoms with Crippen molar-refractivity contribution in [1.29, 1.82) is 0 Å². The third kappa shape index (κ3) is 4.83. The minimum Gasteiger partial charge on any atom is -0.489 e. The van der Waals surface area contributed by atoms with Gasteiger partial charge in [0, 0.05) is 31.7 Å². The summed E-state index contributed by atoms with van der Waals surface area (Å²) in [4.78, 5) is 9.18. The van der Waals surface area contributed by atoms with E-state index in [1.165, 1.54) is 5.69 Å². The molecule has 1 aliphatic heterocycles. The number of ether oxygens (including phenoxy) is 1. The first kappa shape index (κ1) is 20.0. The zero-order valence-electron chi connectivity index (χ0n) is 17.6. The molecular formula is C24H28N4O2. The van der Waals surface area contributed by atoms with Gasteiger partial charge in [-0.1, -0.05) is 30.8 Å². The van der Waals surface area contributed by atoms with Gasteiger partial charge in [-0.25, -0.2) is 4.98 Å². The number of rotatable bonds is 7. The Balaban J connectivity index is 1.49. The molecule has 0 aliphatic carbocycles. The van der Waals surface area contributed by atoms with Crippen LogP contribution in [0.3, 0.4) is 0 Å². The SMILES string of the molecule is C=C(C)COc1cccc(-c2cnc(Nc3ccccc3N3CCN(C)CC3)o2)c1. The van der Waals surface area contributed by atoms with Gasteiger partial charge in [-0.05, 0) is 43.8 Å². The predicted octanol–water partition coefficient (Wildman–Crippen LogP) is 4.79. The van der Waals surface area contributed by atoms with Crippen LogP contribution < -0.4 is 15.0 Å². The van der Waals surface area contributed by atoms with Gasteiger partial charge in [0.25, 0.3) is 6.01 Å². The highest BCUT2D eigenvalue weighted by Gasteiger charge is 2.17. The molecule has 2 aromatic carbocycles. The van der Waals surface area contributed by atoms with Crippen molar-refractivity contribution in [2.45, 2.75) is 6.92 Å². The van der Waals surface area contributed by atoms with Gasteiger partial charge < -0.3 is 24.3 Å². The van der Waals surface area contributed by atoms with Crippen LogP contribution in [0.4, 0.5) is 17.4 Å². The zero-order valence-corrected chi connectivity index (χ0v) is 17.6. The van der Waals surface area contributed by atoms with Gasteiger partial charge in [-0.15, -0.1) is 0 Å². The van der Waals surface area contributed by atoms with Crippen molar-refractivity contribution in [3.63, 3.8) is 0 Å². The molecule has 4 rings (SSSR count). The number of likely N-dealkylation sites (N-methyl/N-ethyl adjacent to an activating group) is 1. The summed E-state index contributed by atoms with van der Waals surface area (Å²) in [5, 5.41) is 3.35. The van der Waals surface area contributed by atoms with Crippen LogP contribution in [0.15, 0.2) is 71.3 Å². The number of nitrogens with zero attached hydrogens (tertiary/aromatic N) is 3. The van der Waals surface area contributed by atoms with Crippen LogP contribution in [-0.2, 0) is 0 Å². The predicted molar refractivity (Wildman–Crippen MR) is 122 cm³/mol. The second kappa shape index (κ2) is 9.05. The van der Waals surface area contributed by atoms with E-state index in [0.717, 1.165) is 48.8 Å². The number of para-hydroxylation sites is 2. The summed E-state index contributed by atoms with van der Waals surface area (Å²) in [6.07, 6.45) is 1.73. The Morgan fingerprint density at radius 2 is 1.93 bits per heavy atom. The van der Waals surface area contributed by atoms with E-state index in [1.54, 1.807) is 6.20 Å². The lowest BCUT2D eigenvalue weighted by Crippen LogP contribution is -2.44.